The quantitative estimate of drug-likeness (QED) is 0.187. The molecular formula is C13H24N4O5. The normalized spacial score (nSPS) is 11.3. The molecule has 0 bridgehead atoms. The molecule has 0 saturated heterocycles. The second-order valence-corrected chi connectivity index (χ2v) is 4.74. The molecule has 5 N–H and O–H groups in total. The first-order valence-electron chi connectivity index (χ1n) is 7.16. The van der Waals surface area contributed by atoms with Crippen molar-refractivity contribution in [2.45, 2.75) is 45.1 Å². The summed E-state index contributed by atoms with van der Waals surface area (Å²) in [6.45, 7) is 2.55. The molecular weight excluding hydrogens is 292 g/mol. The highest BCUT2D eigenvalue weighted by Gasteiger charge is 2.10. The molecule has 0 aromatic heterocycles. The van der Waals surface area contributed by atoms with Gasteiger partial charge in [0.25, 0.3) is 0 Å². The van der Waals surface area contributed by atoms with Gasteiger partial charge >= 0.3 is 12.0 Å². The summed E-state index contributed by atoms with van der Waals surface area (Å²) < 4.78 is 0. The van der Waals surface area contributed by atoms with Crippen LogP contribution in [0, 0.1) is 0 Å². The van der Waals surface area contributed by atoms with Crippen LogP contribution in [-0.4, -0.2) is 48.4 Å². The van der Waals surface area contributed by atoms with Gasteiger partial charge in [-0.2, -0.15) is 0 Å². The number of carboxylic acid groups (broad SMARTS) is 1. The summed E-state index contributed by atoms with van der Waals surface area (Å²) in [4.78, 5) is 43.1. The molecule has 9 heteroatoms. The first-order chi connectivity index (χ1) is 10.5. The summed E-state index contributed by atoms with van der Waals surface area (Å²) >= 11 is 0. The number of rotatable bonds is 12. The Bertz CT molecular complexity index is 375. The van der Waals surface area contributed by atoms with E-state index in [1.54, 1.807) is 0 Å². The minimum Gasteiger partial charge on any atom is -0.481 e. The number of carboxylic acids is 1. The lowest BCUT2D eigenvalue weighted by Gasteiger charge is -2.13. The van der Waals surface area contributed by atoms with E-state index in [4.69, 9.17) is 5.11 Å². The molecule has 3 amide bonds. The summed E-state index contributed by atoms with van der Waals surface area (Å²) in [6, 6.07) is -1.22. The number of amides is 3. The zero-order chi connectivity index (χ0) is 16.8. The Kier molecular flexibility index (Phi) is 11.3. The number of urea groups is 1. The van der Waals surface area contributed by atoms with E-state index < -0.39 is 18.0 Å². The maximum Gasteiger partial charge on any atom is 0.329 e. The van der Waals surface area contributed by atoms with E-state index in [2.05, 4.69) is 21.5 Å². The van der Waals surface area contributed by atoms with Gasteiger partial charge in [-0.25, -0.2) is 10.2 Å². The van der Waals surface area contributed by atoms with Crippen molar-refractivity contribution in [3.63, 3.8) is 0 Å². The topological polar surface area (TPSA) is 137 Å². The van der Waals surface area contributed by atoms with Crippen molar-refractivity contribution < 1.29 is 24.3 Å². The molecule has 1 atom stereocenters. The third kappa shape index (κ3) is 12.9. The highest BCUT2D eigenvalue weighted by atomic mass is 16.4. The number of carbonyl (C=O) groups is 4. The highest BCUT2D eigenvalue weighted by Crippen LogP contribution is 1.94. The largest absolute Gasteiger partial charge is 0.481 e. The molecule has 0 fully saturated rings. The maximum atomic E-state index is 11.4. The third-order valence-corrected chi connectivity index (χ3v) is 2.72. The van der Waals surface area contributed by atoms with E-state index in [0.29, 0.717) is 19.4 Å². The molecule has 0 rings (SSSR count). The lowest BCUT2D eigenvalue weighted by atomic mass is 10.2. The Labute approximate surface area is 129 Å². The number of nitrogens with one attached hydrogen (secondary N) is 4. The molecule has 0 unspecified atom stereocenters. The molecule has 0 aliphatic carbocycles. The number of hydrogen-bond donors (Lipinski definition) is 5. The SMILES string of the molecule is CC(=O)NCCCCCNC(=O)NN[C@H](C=O)CCC(=O)O. The number of aldehydes is 1. The Hall–Kier alpha value is -2.16. The fourth-order valence-corrected chi connectivity index (χ4v) is 1.55. The van der Waals surface area contributed by atoms with Crippen molar-refractivity contribution in [2.75, 3.05) is 13.1 Å². The molecule has 9 nitrogen and oxygen atoms in total. The van der Waals surface area contributed by atoms with Crippen LogP contribution in [0.1, 0.15) is 39.0 Å². The van der Waals surface area contributed by atoms with Crippen LogP contribution in [0.5, 0.6) is 0 Å². The maximum absolute atomic E-state index is 11.4. The van der Waals surface area contributed by atoms with Gasteiger partial charge in [0.1, 0.15) is 6.29 Å². The van der Waals surface area contributed by atoms with E-state index in [-0.39, 0.29) is 18.7 Å². The minimum atomic E-state index is -1.00. The van der Waals surface area contributed by atoms with Crippen molar-refractivity contribution in [1.29, 1.82) is 0 Å². The van der Waals surface area contributed by atoms with Crippen LogP contribution in [0.15, 0.2) is 0 Å². The molecule has 0 aromatic carbocycles. The molecule has 0 radical (unpaired) electrons. The molecule has 0 saturated carbocycles. The van der Waals surface area contributed by atoms with Crippen molar-refractivity contribution in [2.24, 2.45) is 0 Å². The Morgan fingerprint density at radius 1 is 1.09 bits per heavy atom. The predicted molar refractivity (Wildman–Crippen MR) is 78.9 cm³/mol. The average molecular weight is 316 g/mol. The van der Waals surface area contributed by atoms with Crippen LogP contribution < -0.4 is 21.5 Å². The van der Waals surface area contributed by atoms with Gasteiger partial charge < -0.3 is 20.5 Å². The Balaban J connectivity index is 3.57. The van der Waals surface area contributed by atoms with E-state index in [9.17, 15) is 19.2 Å². The lowest BCUT2D eigenvalue weighted by Crippen LogP contribution is -2.49. The van der Waals surface area contributed by atoms with Crippen LogP contribution >= 0.6 is 0 Å². The van der Waals surface area contributed by atoms with E-state index in [0.717, 1.165) is 19.3 Å². The van der Waals surface area contributed by atoms with E-state index in [1.807, 2.05) is 0 Å². The van der Waals surface area contributed by atoms with Gasteiger partial charge in [-0.3, -0.25) is 15.0 Å². The highest BCUT2D eigenvalue weighted by molar-refractivity contribution is 5.74. The zero-order valence-electron chi connectivity index (χ0n) is 12.7. The molecule has 0 spiro atoms. The summed E-state index contributed by atoms with van der Waals surface area (Å²) in [6.07, 6.45) is 2.96. The number of hydrazine groups is 1. The summed E-state index contributed by atoms with van der Waals surface area (Å²) in [5.74, 6) is -1.06. The fourth-order valence-electron chi connectivity index (χ4n) is 1.55. The fraction of sp³-hybridized carbons (Fsp3) is 0.692. The summed E-state index contributed by atoms with van der Waals surface area (Å²) in [5, 5.41) is 13.8. The molecule has 0 aromatic rings. The average Bonchev–Trinajstić information content (AvgIpc) is 2.45. The number of carbonyl (C=O) groups excluding carboxylic acids is 3. The van der Waals surface area contributed by atoms with E-state index >= 15 is 0 Å². The third-order valence-electron chi connectivity index (χ3n) is 2.72. The zero-order valence-corrected chi connectivity index (χ0v) is 12.7. The van der Waals surface area contributed by atoms with Gasteiger partial charge in [-0.05, 0) is 25.7 Å². The molecule has 22 heavy (non-hydrogen) atoms. The first-order valence-corrected chi connectivity index (χ1v) is 7.16. The lowest BCUT2D eigenvalue weighted by molar-refractivity contribution is -0.137. The monoisotopic (exact) mass is 316 g/mol. The molecule has 0 aliphatic rings. The van der Waals surface area contributed by atoms with Crippen molar-refractivity contribution in [3.8, 4) is 0 Å². The predicted octanol–water partition coefficient (Wildman–Crippen LogP) is -0.471. The van der Waals surface area contributed by atoms with Crippen molar-refractivity contribution >= 4 is 24.2 Å². The van der Waals surface area contributed by atoms with Crippen LogP contribution in [0.2, 0.25) is 0 Å². The molecule has 0 aliphatic heterocycles. The van der Waals surface area contributed by atoms with Crippen molar-refractivity contribution in [1.82, 2.24) is 21.5 Å². The smallest absolute Gasteiger partial charge is 0.329 e. The number of unbranched alkanes of at least 4 members (excludes halogenated alkanes) is 2. The van der Waals surface area contributed by atoms with Gasteiger partial charge in [0.2, 0.25) is 5.91 Å². The minimum absolute atomic E-state index is 0.0591. The second kappa shape index (κ2) is 12.6. The molecule has 126 valence electrons. The van der Waals surface area contributed by atoms with Crippen LogP contribution in [0.25, 0.3) is 0 Å². The van der Waals surface area contributed by atoms with Crippen LogP contribution in [0.4, 0.5) is 4.79 Å². The van der Waals surface area contributed by atoms with Gasteiger partial charge in [0, 0.05) is 26.4 Å². The standard InChI is InChI=1S/C13H24N4O5/c1-10(19)14-7-3-2-4-8-15-13(22)17-16-11(9-18)5-6-12(20)21/h9,11,16H,2-8H2,1H3,(H,14,19)(H,20,21)(H2,15,17,22)/t11-/m0/s1. The van der Waals surface area contributed by atoms with Crippen LogP contribution in [0.3, 0.4) is 0 Å². The summed E-state index contributed by atoms with van der Waals surface area (Å²) in [5.41, 5.74) is 4.75. The molecule has 0 heterocycles. The second-order valence-electron chi connectivity index (χ2n) is 4.74. The summed E-state index contributed by atoms with van der Waals surface area (Å²) in [7, 11) is 0. The Morgan fingerprint density at radius 2 is 1.73 bits per heavy atom. The van der Waals surface area contributed by atoms with Crippen molar-refractivity contribution in [3.05, 3.63) is 0 Å². The van der Waals surface area contributed by atoms with Gasteiger partial charge in [-0.1, -0.05) is 0 Å². The van der Waals surface area contributed by atoms with E-state index in [1.165, 1.54) is 6.92 Å². The van der Waals surface area contributed by atoms with Gasteiger partial charge in [0.05, 0.1) is 6.04 Å². The van der Waals surface area contributed by atoms with Gasteiger partial charge in [-0.15, -0.1) is 0 Å². The van der Waals surface area contributed by atoms with Crippen LogP contribution in [-0.2, 0) is 14.4 Å². The van der Waals surface area contributed by atoms with Gasteiger partial charge in [0.15, 0.2) is 0 Å². The number of hydrogen-bond acceptors (Lipinski definition) is 5. The number of aliphatic carboxylic acids is 1. The first kappa shape index (κ1) is 19.8. The Morgan fingerprint density at radius 3 is 2.27 bits per heavy atom.